The minimum Gasteiger partial charge on any atom is -0.334 e. The van der Waals surface area contributed by atoms with E-state index in [2.05, 4.69) is 19.8 Å². The summed E-state index contributed by atoms with van der Waals surface area (Å²) in [4.78, 5) is 8.16. The molecule has 0 aliphatic carbocycles. The maximum absolute atomic E-state index is 11.5. The number of nitrogens with one attached hydrogen (secondary N) is 1. The monoisotopic (exact) mass is 296 g/mol. The number of sulfonamides is 1. The number of aromatic nitrogens is 3. The average molecular weight is 296 g/mol. The number of pyridine rings is 1. The molecule has 0 aliphatic rings. The summed E-state index contributed by atoms with van der Waals surface area (Å²) in [7, 11) is -3.19. The predicted molar refractivity (Wildman–Crippen MR) is 73.3 cm³/mol. The molecule has 0 unspecified atom stereocenters. The summed E-state index contributed by atoms with van der Waals surface area (Å²) in [5.74, 6) is 0.966. The highest BCUT2D eigenvalue weighted by Crippen LogP contribution is 2.14. The molecule has 0 spiro atoms. The summed E-state index contributed by atoms with van der Waals surface area (Å²) >= 11 is 0. The molecular weight excluding hydrogens is 280 g/mol. The first-order valence-electron chi connectivity index (χ1n) is 6.31. The number of hydrogen-bond acceptors (Lipinski definition) is 6. The summed E-state index contributed by atoms with van der Waals surface area (Å²) < 4.78 is 30.5. The molecule has 0 saturated carbocycles. The van der Waals surface area contributed by atoms with Crippen molar-refractivity contribution in [3.63, 3.8) is 0 Å². The van der Waals surface area contributed by atoms with Gasteiger partial charge in [0.05, 0.1) is 11.3 Å². The minimum absolute atomic E-state index is 0.125. The van der Waals surface area contributed by atoms with Gasteiger partial charge in [-0.3, -0.25) is 4.98 Å². The van der Waals surface area contributed by atoms with Crippen molar-refractivity contribution < 1.29 is 12.9 Å². The van der Waals surface area contributed by atoms with Crippen LogP contribution < -0.4 is 4.72 Å². The largest absolute Gasteiger partial charge is 0.334 e. The van der Waals surface area contributed by atoms with Gasteiger partial charge in [0.15, 0.2) is 5.82 Å². The van der Waals surface area contributed by atoms with E-state index in [1.165, 1.54) is 0 Å². The highest BCUT2D eigenvalue weighted by molar-refractivity contribution is 7.89. The van der Waals surface area contributed by atoms with Crippen molar-refractivity contribution in [2.75, 3.05) is 12.3 Å². The normalized spacial score (nSPS) is 11.7. The van der Waals surface area contributed by atoms with Gasteiger partial charge in [0, 0.05) is 25.4 Å². The Morgan fingerprint density at radius 2 is 2.25 bits per heavy atom. The van der Waals surface area contributed by atoms with Gasteiger partial charge in [-0.1, -0.05) is 12.1 Å². The molecule has 8 heteroatoms. The quantitative estimate of drug-likeness (QED) is 0.818. The second-order valence-electron chi connectivity index (χ2n) is 4.22. The van der Waals surface area contributed by atoms with E-state index in [1.54, 1.807) is 18.5 Å². The van der Waals surface area contributed by atoms with Crippen molar-refractivity contribution in [1.29, 1.82) is 0 Å². The average Bonchev–Trinajstić information content (AvgIpc) is 2.88. The van der Waals surface area contributed by atoms with Gasteiger partial charge in [-0.2, -0.15) is 4.98 Å². The third-order valence-corrected chi connectivity index (χ3v) is 4.11. The Morgan fingerprint density at radius 3 is 2.95 bits per heavy atom. The van der Waals surface area contributed by atoms with Crippen LogP contribution in [0.15, 0.2) is 29.0 Å². The zero-order valence-electron chi connectivity index (χ0n) is 11.1. The molecule has 0 aliphatic heterocycles. The van der Waals surface area contributed by atoms with Gasteiger partial charge < -0.3 is 4.52 Å². The Bertz CT molecular complexity index is 640. The standard InChI is InChI=1S/C12H16N4O3S/c1-2-8-20(17,18)14-7-5-11-15-12(19-16-11)10-4-3-6-13-9-10/h3-4,6,9,14H,2,5,7-8H2,1H3. The van der Waals surface area contributed by atoms with Crippen molar-refractivity contribution in [3.05, 3.63) is 30.4 Å². The lowest BCUT2D eigenvalue weighted by Gasteiger charge is -2.02. The lowest BCUT2D eigenvalue weighted by atomic mass is 10.3. The van der Waals surface area contributed by atoms with Crippen molar-refractivity contribution in [1.82, 2.24) is 19.8 Å². The Morgan fingerprint density at radius 1 is 1.40 bits per heavy atom. The third kappa shape index (κ3) is 4.10. The highest BCUT2D eigenvalue weighted by Gasteiger charge is 2.11. The Balaban J connectivity index is 1.91. The summed E-state index contributed by atoms with van der Waals surface area (Å²) in [5.41, 5.74) is 0.734. The van der Waals surface area contributed by atoms with Gasteiger partial charge in [0.25, 0.3) is 5.89 Å². The van der Waals surface area contributed by atoms with Gasteiger partial charge >= 0.3 is 0 Å². The van der Waals surface area contributed by atoms with E-state index in [1.807, 2.05) is 13.0 Å². The first-order valence-corrected chi connectivity index (χ1v) is 7.96. The molecule has 2 aromatic heterocycles. The van der Waals surface area contributed by atoms with E-state index in [0.717, 1.165) is 5.56 Å². The van der Waals surface area contributed by atoms with Crippen LogP contribution in [0.5, 0.6) is 0 Å². The van der Waals surface area contributed by atoms with Crippen LogP contribution >= 0.6 is 0 Å². The number of hydrogen-bond donors (Lipinski definition) is 1. The van der Waals surface area contributed by atoms with Gasteiger partial charge in [-0.25, -0.2) is 13.1 Å². The summed E-state index contributed by atoms with van der Waals surface area (Å²) in [6.45, 7) is 2.08. The fourth-order valence-corrected chi connectivity index (χ4v) is 2.72. The fourth-order valence-electron chi connectivity index (χ4n) is 1.62. The Labute approximate surface area is 117 Å². The summed E-state index contributed by atoms with van der Waals surface area (Å²) in [6.07, 6.45) is 4.25. The van der Waals surface area contributed by atoms with Crippen molar-refractivity contribution in [3.8, 4) is 11.5 Å². The van der Waals surface area contributed by atoms with E-state index in [4.69, 9.17) is 4.52 Å². The molecule has 0 amide bonds. The molecule has 0 atom stereocenters. The molecule has 2 heterocycles. The van der Waals surface area contributed by atoms with Gasteiger partial charge in [0.2, 0.25) is 10.0 Å². The number of nitrogens with zero attached hydrogens (tertiary/aromatic N) is 3. The Kier molecular flexibility index (Phi) is 4.80. The molecule has 1 N–H and O–H groups in total. The molecule has 0 aromatic carbocycles. The molecule has 108 valence electrons. The van der Waals surface area contributed by atoms with E-state index in [9.17, 15) is 8.42 Å². The SMILES string of the molecule is CCCS(=O)(=O)NCCc1noc(-c2cccnc2)n1. The van der Waals surface area contributed by atoms with Crippen molar-refractivity contribution >= 4 is 10.0 Å². The van der Waals surface area contributed by atoms with Crippen LogP contribution in [0.3, 0.4) is 0 Å². The van der Waals surface area contributed by atoms with Crippen LogP contribution in [0.4, 0.5) is 0 Å². The lowest BCUT2D eigenvalue weighted by Crippen LogP contribution is -2.28. The Hall–Kier alpha value is -1.80. The predicted octanol–water partition coefficient (Wildman–Crippen LogP) is 1.00. The second-order valence-corrected chi connectivity index (χ2v) is 6.15. The molecule has 0 bridgehead atoms. The van der Waals surface area contributed by atoms with E-state index >= 15 is 0 Å². The van der Waals surface area contributed by atoms with E-state index < -0.39 is 10.0 Å². The third-order valence-electron chi connectivity index (χ3n) is 2.52. The van der Waals surface area contributed by atoms with Gasteiger partial charge in [-0.05, 0) is 18.6 Å². The maximum Gasteiger partial charge on any atom is 0.259 e. The van der Waals surface area contributed by atoms with Gasteiger partial charge in [0.1, 0.15) is 0 Å². The van der Waals surface area contributed by atoms with E-state index in [0.29, 0.717) is 24.6 Å². The van der Waals surface area contributed by atoms with Crippen LogP contribution in [0.2, 0.25) is 0 Å². The first-order chi connectivity index (χ1) is 9.61. The van der Waals surface area contributed by atoms with Crippen LogP contribution in [-0.2, 0) is 16.4 Å². The highest BCUT2D eigenvalue weighted by atomic mass is 32.2. The van der Waals surface area contributed by atoms with Crippen LogP contribution in [-0.4, -0.2) is 35.8 Å². The smallest absolute Gasteiger partial charge is 0.259 e. The van der Waals surface area contributed by atoms with Gasteiger partial charge in [-0.15, -0.1) is 0 Å². The molecule has 0 saturated heterocycles. The zero-order valence-corrected chi connectivity index (χ0v) is 11.9. The van der Waals surface area contributed by atoms with Crippen LogP contribution in [0.25, 0.3) is 11.5 Å². The van der Waals surface area contributed by atoms with Crippen molar-refractivity contribution in [2.45, 2.75) is 19.8 Å². The lowest BCUT2D eigenvalue weighted by molar-refractivity contribution is 0.422. The first kappa shape index (κ1) is 14.6. The van der Waals surface area contributed by atoms with Crippen LogP contribution in [0, 0.1) is 0 Å². The molecule has 0 radical (unpaired) electrons. The summed E-state index contributed by atoms with van der Waals surface area (Å²) in [6, 6.07) is 3.59. The topological polar surface area (TPSA) is 98.0 Å². The minimum atomic E-state index is -3.19. The fraction of sp³-hybridized carbons (Fsp3) is 0.417. The molecule has 2 aromatic rings. The molecule has 2 rings (SSSR count). The van der Waals surface area contributed by atoms with Crippen LogP contribution in [0.1, 0.15) is 19.2 Å². The number of rotatable bonds is 7. The maximum atomic E-state index is 11.5. The van der Waals surface area contributed by atoms with Crippen molar-refractivity contribution in [2.24, 2.45) is 0 Å². The molecular formula is C12H16N4O3S. The molecule has 20 heavy (non-hydrogen) atoms. The molecule has 7 nitrogen and oxygen atoms in total. The molecule has 0 fully saturated rings. The summed E-state index contributed by atoms with van der Waals surface area (Å²) in [5, 5.41) is 3.81. The van der Waals surface area contributed by atoms with E-state index in [-0.39, 0.29) is 12.3 Å². The second kappa shape index (κ2) is 6.58. The zero-order chi connectivity index (χ0) is 14.4.